The zero-order valence-corrected chi connectivity index (χ0v) is 11.2. The van der Waals surface area contributed by atoms with Crippen molar-refractivity contribution in [1.82, 2.24) is 0 Å². The van der Waals surface area contributed by atoms with E-state index >= 15 is 0 Å². The largest absolute Gasteiger partial charge is 0.379 e. The van der Waals surface area contributed by atoms with Crippen molar-refractivity contribution in [2.24, 2.45) is 5.73 Å². The van der Waals surface area contributed by atoms with Crippen molar-refractivity contribution < 1.29 is 9.47 Å². The molecular weight excluding hydrogens is 202 g/mol. The van der Waals surface area contributed by atoms with E-state index in [9.17, 15) is 0 Å². The van der Waals surface area contributed by atoms with Gasteiger partial charge in [-0.2, -0.15) is 0 Å². The van der Waals surface area contributed by atoms with Crippen LogP contribution in [0.15, 0.2) is 0 Å². The minimum atomic E-state index is -0.0581. The summed E-state index contributed by atoms with van der Waals surface area (Å²) in [5.41, 5.74) is 6.21. The second kappa shape index (κ2) is 5.48. The lowest BCUT2D eigenvalue weighted by molar-refractivity contribution is -0.0830. The zero-order chi connectivity index (χ0) is 12.2. The summed E-state index contributed by atoms with van der Waals surface area (Å²) in [5, 5.41) is 0. The summed E-state index contributed by atoms with van der Waals surface area (Å²) in [6.07, 6.45) is 6.62. The number of hydrogen-bond acceptors (Lipinski definition) is 3. The number of rotatable bonds is 7. The average Bonchev–Trinajstić information content (AvgIpc) is 2.21. The van der Waals surface area contributed by atoms with E-state index in [0.717, 1.165) is 19.3 Å². The smallest absolute Gasteiger partial charge is 0.0693 e. The molecule has 96 valence electrons. The Labute approximate surface area is 99.7 Å². The summed E-state index contributed by atoms with van der Waals surface area (Å²) in [4.78, 5) is 0. The van der Waals surface area contributed by atoms with E-state index in [1.54, 1.807) is 7.11 Å². The van der Waals surface area contributed by atoms with Crippen LogP contribution >= 0.6 is 0 Å². The summed E-state index contributed by atoms with van der Waals surface area (Å²) < 4.78 is 11.0. The van der Waals surface area contributed by atoms with E-state index < -0.39 is 0 Å². The number of methoxy groups -OCH3 is 2. The van der Waals surface area contributed by atoms with Crippen molar-refractivity contribution >= 4 is 0 Å². The van der Waals surface area contributed by atoms with Crippen LogP contribution in [0.4, 0.5) is 0 Å². The standard InChI is InChI=1S/C13H27NO2/c1-12(2,15-3)9-6-11(14)10-13(16-4)7-5-8-13/h11H,5-10,14H2,1-4H3. The highest BCUT2D eigenvalue weighted by Gasteiger charge is 2.38. The maximum absolute atomic E-state index is 6.17. The van der Waals surface area contributed by atoms with E-state index in [4.69, 9.17) is 15.2 Å². The summed E-state index contributed by atoms with van der Waals surface area (Å²) in [5.74, 6) is 0. The number of ether oxygens (including phenoxy) is 2. The number of nitrogens with two attached hydrogens (primary N) is 1. The topological polar surface area (TPSA) is 44.5 Å². The minimum absolute atomic E-state index is 0.0581. The molecule has 1 atom stereocenters. The summed E-state index contributed by atoms with van der Waals surface area (Å²) >= 11 is 0. The van der Waals surface area contributed by atoms with Crippen LogP contribution in [0.2, 0.25) is 0 Å². The lowest BCUT2D eigenvalue weighted by Crippen LogP contribution is -2.44. The molecule has 1 fully saturated rings. The van der Waals surface area contributed by atoms with Gasteiger partial charge in [-0.3, -0.25) is 0 Å². The normalized spacial score (nSPS) is 21.6. The van der Waals surface area contributed by atoms with Gasteiger partial charge < -0.3 is 15.2 Å². The van der Waals surface area contributed by atoms with Gasteiger partial charge in [0.1, 0.15) is 0 Å². The fraction of sp³-hybridized carbons (Fsp3) is 1.00. The third-order valence-electron chi connectivity index (χ3n) is 4.00. The van der Waals surface area contributed by atoms with Crippen LogP contribution in [0.25, 0.3) is 0 Å². The fourth-order valence-electron chi connectivity index (χ4n) is 2.28. The second-order valence-electron chi connectivity index (χ2n) is 5.71. The van der Waals surface area contributed by atoms with Gasteiger partial charge in [-0.05, 0) is 52.4 Å². The molecule has 0 radical (unpaired) electrons. The molecular formula is C13H27NO2. The van der Waals surface area contributed by atoms with Crippen LogP contribution in [-0.4, -0.2) is 31.5 Å². The molecule has 0 saturated heterocycles. The van der Waals surface area contributed by atoms with Gasteiger partial charge >= 0.3 is 0 Å². The van der Waals surface area contributed by atoms with Crippen molar-refractivity contribution in [2.45, 2.75) is 69.6 Å². The second-order valence-corrected chi connectivity index (χ2v) is 5.71. The van der Waals surface area contributed by atoms with Gasteiger partial charge in [-0.1, -0.05) is 0 Å². The van der Waals surface area contributed by atoms with Gasteiger partial charge in [0.05, 0.1) is 11.2 Å². The molecule has 1 aliphatic rings. The van der Waals surface area contributed by atoms with Crippen LogP contribution in [0.1, 0.15) is 52.4 Å². The zero-order valence-electron chi connectivity index (χ0n) is 11.2. The molecule has 2 N–H and O–H groups in total. The predicted octanol–water partition coefficient (Wildman–Crippen LogP) is 2.48. The molecule has 0 aromatic heterocycles. The van der Waals surface area contributed by atoms with Crippen molar-refractivity contribution in [3.63, 3.8) is 0 Å². The van der Waals surface area contributed by atoms with Crippen molar-refractivity contribution in [1.29, 1.82) is 0 Å². The summed E-state index contributed by atoms with van der Waals surface area (Å²) in [6, 6.07) is 0.231. The van der Waals surface area contributed by atoms with Crippen LogP contribution in [-0.2, 0) is 9.47 Å². The molecule has 0 heterocycles. The Hall–Kier alpha value is -0.120. The Morgan fingerprint density at radius 1 is 1.31 bits per heavy atom. The lowest BCUT2D eigenvalue weighted by Gasteiger charge is -2.42. The predicted molar refractivity (Wildman–Crippen MR) is 66.5 cm³/mol. The van der Waals surface area contributed by atoms with E-state index in [-0.39, 0.29) is 17.2 Å². The Morgan fingerprint density at radius 3 is 2.31 bits per heavy atom. The summed E-state index contributed by atoms with van der Waals surface area (Å²) in [6.45, 7) is 4.21. The minimum Gasteiger partial charge on any atom is -0.379 e. The monoisotopic (exact) mass is 229 g/mol. The molecule has 0 bridgehead atoms. The lowest BCUT2D eigenvalue weighted by atomic mass is 9.75. The molecule has 3 heteroatoms. The third-order valence-corrected chi connectivity index (χ3v) is 4.00. The number of hydrogen-bond donors (Lipinski definition) is 1. The van der Waals surface area contributed by atoms with E-state index in [0.29, 0.717) is 0 Å². The van der Waals surface area contributed by atoms with Gasteiger partial charge in [0.15, 0.2) is 0 Å². The average molecular weight is 229 g/mol. The summed E-state index contributed by atoms with van der Waals surface area (Å²) in [7, 11) is 3.57. The first kappa shape index (κ1) is 13.9. The molecule has 16 heavy (non-hydrogen) atoms. The molecule has 1 rings (SSSR count). The van der Waals surface area contributed by atoms with Crippen LogP contribution < -0.4 is 5.73 Å². The Morgan fingerprint density at radius 2 is 1.94 bits per heavy atom. The first-order chi connectivity index (χ1) is 7.43. The van der Waals surface area contributed by atoms with Crippen LogP contribution in [0.5, 0.6) is 0 Å². The Kier molecular flexibility index (Phi) is 4.77. The molecule has 3 nitrogen and oxygen atoms in total. The van der Waals surface area contributed by atoms with Crippen LogP contribution in [0.3, 0.4) is 0 Å². The highest BCUT2D eigenvalue weighted by Crippen LogP contribution is 2.39. The van der Waals surface area contributed by atoms with Gasteiger partial charge in [0, 0.05) is 20.3 Å². The first-order valence-corrected chi connectivity index (χ1v) is 6.29. The van der Waals surface area contributed by atoms with Gasteiger partial charge in [0.2, 0.25) is 0 Å². The molecule has 0 aliphatic heterocycles. The molecule has 1 aliphatic carbocycles. The highest BCUT2D eigenvalue weighted by molar-refractivity contribution is 4.92. The van der Waals surface area contributed by atoms with E-state index in [1.807, 2.05) is 7.11 Å². The maximum atomic E-state index is 6.17. The van der Waals surface area contributed by atoms with Crippen molar-refractivity contribution in [3.8, 4) is 0 Å². The SMILES string of the molecule is COC(C)(C)CCC(N)CC1(OC)CCC1. The van der Waals surface area contributed by atoms with Crippen molar-refractivity contribution in [2.75, 3.05) is 14.2 Å². The Balaban J connectivity index is 2.27. The van der Waals surface area contributed by atoms with E-state index in [2.05, 4.69) is 13.8 Å². The Bertz CT molecular complexity index is 206. The molecule has 1 unspecified atom stereocenters. The molecule has 1 saturated carbocycles. The first-order valence-electron chi connectivity index (χ1n) is 6.29. The fourth-order valence-corrected chi connectivity index (χ4v) is 2.28. The van der Waals surface area contributed by atoms with E-state index in [1.165, 1.54) is 19.3 Å². The molecule has 0 spiro atoms. The van der Waals surface area contributed by atoms with Gasteiger partial charge in [0.25, 0.3) is 0 Å². The van der Waals surface area contributed by atoms with Gasteiger partial charge in [-0.25, -0.2) is 0 Å². The molecule has 0 amide bonds. The third kappa shape index (κ3) is 3.72. The quantitative estimate of drug-likeness (QED) is 0.729. The highest BCUT2D eigenvalue weighted by atomic mass is 16.5. The van der Waals surface area contributed by atoms with Gasteiger partial charge in [-0.15, -0.1) is 0 Å². The van der Waals surface area contributed by atoms with Crippen molar-refractivity contribution in [3.05, 3.63) is 0 Å². The molecule has 0 aromatic carbocycles. The molecule has 0 aromatic rings. The maximum Gasteiger partial charge on any atom is 0.0693 e. The van der Waals surface area contributed by atoms with Crippen LogP contribution in [0, 0.1) is 0 Å².